The second-order valence-electron chi connectivity index (χ2n) is 3.15. The van der Waals surface area contributed by atoms with Crippen LogP contribution in [0.15, 0.2) is 18.3 Å². The predicted octanol–water partition coefficient (Wildman–Crippen LogP) is 1.43. The summed E-state index contributed by atoms with van der Waals surface area (Å²) < 4.78 is 1.55. The molecule has 0 aliphatic rings. The highest BCUT2D eigenvalue weighted by molar-refractivity contribution is 6.31. The number of nitrogens with zero attached hydrogens (tertiary/aromatic N) is 2. The van der Waals surface area contributed by atoms with E-state index in [1.807, 2.05) is 0 Å². The molecule has 2 heterocycles. The highest BCUT2D eigenvalue weighted by atomic mass is 35.5. The van der Waals surface area contributed by atoms with Crippen molar-refractivity contribution < 1.29 is 14.7 Å². The first-order valence-electron chi connectivity index (χ1n) is 4.47. The third-order valence-corrected chi connectivity index (χ3v) is 2.38. The molecule has 2 aromatic rings. The minimum absolute atomic E-state index is 0.0656. The summed E-state index contributed by atoms with van der Waals surface area (Å²) in [4.78, 5) is 25.3. The van der Waals surface area contributed by atoms with Gasteiger partial charge in [-0.3, -0.25) is 0 Å². The van der Waals surface area contributed by atoms with E-state index in [1.165, 1.54) is 6.07 Å². The zero-order valence-electron chi connectivity index (χ0n) is 8.05. The number of rotatable bonds is 3. The summed E-state index contributed by atoms with van der Waals surface area (Å²) in [6.07, 6.45) is 2.33. The Morgan fingerprint density at radius 3 is 3.00 bits per heavy atom. The standard InChI is InChI=1S/C10H7ClN2O3/c11-6-1-3-13-7(5-6)9(10(15)16)12-8(13)2-4-14/h1,3-5H,2H2,(H,15,16). The summed E-state index contributed by atoms with van der Waals surface area (Å²) in [5.41, 5.74) is 0.288. The van der Waals surface area contributed by atoms with Crippen LogP contribution in [-0.4, -0.2) is 26.7 Å². The fraction of sp³-hybridized carbons (Fsp3) is 0.100. The number of carbonyl (C=O) groups is 2. The molecule has 2 aromatic heterocycles. The third kappa shape index (κ3) is 1.65. The van der Waals surface area contributed by atoms with Gasteiger partial charge in [-0.1, -0.05) is 11.6 Å². The van der Waals surface area contributed by atoms with Gasteiger partial charge in [-0.15, -0.1) is 0 Å². The molecular formula is C10H7ClN2O3. The van der Waals surface area contributed by atoms with E-state index in [1.54, 1.807) is 16.7 Å². The van der Waals surface area contributed by atoms with E-state index in [0.717, 1.165) is 0 Å². The number of carboxylic acid groups (broad SMARTS) is 1. The number of aromatic carboxylic acids is 1. The van der Waals surface area contributed by atoms with Crippen LogP contribution < -0.4 is 0 Å². The number of fused-ring (bicyclic) bond motifs is 1. The van der Waals surface area contributed by atoms with Crippen LogP contribution in [0.2, 0.25) is 5.02 Å². The molecule has 0 aromatic carbocycles. The number of hydrogen-bond acceptors (Lipinski definition) is 3. The topological polar surface area (TPSA) is 71.7 Å². The quantitative estimate of drug-likeness (QED) is 0.821. The van der Waals surface area contributed by atoms with Gasteiger partial charge in [-0.05, 0) is 12.1 Å². The van der Waals surface area contributed by atoms with Gasteiger partial charge in [0, 0.05) is 11.2 Å². The number of pyridine rings is 1. The van der Waals surface area contributed by atoms with E-state index in [4.69, 9.17) is 16.7 Å². The Labute approximate surface area is 95.3 Å². The summed E-state index contributed by atoms with van der Waals surface area (Å²) in [5.74, 6) is -0.754. The van der Waals surface area contributed by atoms with Crippen molar-refractivity contribution in [1.82, 2.24) is 9.38 Å². The molecule has 6 heteroatoms. The predicted molar refractivity (Wildman–Crippen MR) is 56.9 cm³/mol. The molecule has 0 radical (unpaired) electrons. The van der Waals surface area contributed by atoms with Gasteiger partial charge in [0.25, 0.3) is 0 Å². The molecule has 0 bridgehead atoms. The van der Waals surface area contributed by atoms with Crippen LogP contribution in [0.25, 0.3) is 5.52 Å². The first-order chi connectivity index (χ1) is 7.63. The lowest BCUT2D eigenvalue weighted by Gasteiger charge is -1.97. The summed E-state index contributed by atoms with van der Waals surface area (Å²) in [6, 6.07) is 3.11. The number of hydrogen-bond donors (Lipinski definition) is 1. The molecule has 0 aliphatic carbocycles. The second kappa shape index (κ2) is 3.94. The monoisotopic (exact) mass is 238 g/mol. The van der Waals surface area contributed by atoms with Gasteiger partial charge in [0.2, 0.25) is 0 Å². The Balaban J connectivity index is 2.75. The van der Waals surface area contributed by atoms with E-state index in [9.17, 15) is 9.59 Å². The Morgan fingerprint density at radius 1 is 1.62 bits per heavy atom. The van der Waals surface area contributed by atoms with Crippen molar-refractivity contribution in [2.24, 2.45) is 0 Å². The van der Waals surface area contributed by atoms with Crippen molar-refractivity contribution >= 4 is 29.4 Å². The zero-order valence-corrected chi connectivity index (χ0v) is 8.81. The molecule has 2 rings (SSSR count). The number of aromatic nitrogens is 2. The molecule has 82 valence electrons. The first-order valence-corrected chi connectivity index (χ1v) is 4.84. The molecule has 0 saturated carbocycles. The SMILES string of the molecule is O=CCc1nc(C(=O)O)c2cc(Cl)ccn12. The van der Waals surface area contributed by atoms with Crippen LogP contribution in [0.1, 0.15) is 16.3 Å². The molecule has 0 amide bonds. The average molecular weight is 239 g/mol. The molecule has 0 saturated heterocycles. The Bertz CT molecular complexity index is 577. The van der Waals surface area contributed by atoms with Crippen LogP contribution in [0.4, 0.5) is 0 Å². The summed E-state index contributed by atoms with van der Waals surface area (Å²) in [7, 11) is 0. The van der Waals surface area contributed by atoms with Crippen LogP contribution in [0, 0.1) is 0 Å². The van der Waals surface area contributed by atoms with Crippen molar-refractivity contribution in [3.8, 4) is 0 Å². The molecule has 5 nitrogen and oxygen atoms in total. The Kier molecular flexibility index (Phi) is 2.62. The van der Waals surface area contributed by atoms with Crippen molar-refractivity contribution in [2.75, 3.05) is 0 Å². The van der Waals surface area contributed by atoms with E-state index in [-0.39, 0.29) is 12.1 Å². The van der Waals surface area contributed by atoms with Gasteiger partial charge in [-0.2, -0.15) is 0 Å². The number of aldehydes is 1. The van der Waals surface area contributed by atoms with Gasteiger partial charge in [-0.25, -0.2) is 9.78 Å². The lowest BCUT2D eigenvalue weighted by atomic mass is 10.3. The fourth-order valence-electron chi connectivity index (χ4n) is 1.50. The fourth-order valence-corrected chi connectivity index (χ4v) is 1.66. The number of halogens is 1. The van der Waals surface area contributed by atoms with E-state index in [0.29, 0.717) is 22.6 Å². The highest BCUT2D eigenvalue weighted by Gasteiger charge is 2.16. The summed E-state index contributed by atoms with van der Waals surface area (Å²) in [5, 5.41) is 9.37. The smallest absolute Gasteiger partial charge is 0.356 e. The maximum absolute atomic E-state index is 10.9. The minimum Gasteiger partial charge on any atom is -0.476 e. The lowest BCUT2D eigenvalue weighted by Crippen LogP contribution is -1.97. The molecule has 1 N–H and O–H groups in total. The van der Waals surface area contributed by atoms with Gasteiger partial charge >= 0.3 is 5.97 Å². The number of imidazole rings is 1. The maximum atomic E-state index is 10.9. The van der Waals surface area contributed by atoms with E-state index >= 15 is 0 Å². The molecule has 0 unspecified atom stereocenters. The van der Waals surface area contributed by atoms with Crippen LogP contribution in [-0.2, 0) is 11.2 Å². The molecule has 0 spiro atoms. The zero-order chi connectivity index (χ0) is 11.7. The van der Waals surface area contributed by atoms with Crippen molar-refractivity contribution in [3.63, 3.8) is 0 Å². The molecule has 0 fully saturated rings. The van der Waals surface area contributed by atoms with E-state index < -0.39 is 5.97 Å². The molecule has 0 aliphatic heterocycles. The highest BCUT2D eigenvalue weighted by Crippen LogP contribution is 2.18. The van der Waals surface area contributed by atoms with Crippen molar-refractivity contribution in [2.45, 2.75) is 6.42 Å². The van der Waals surface area contributed by atoms with Crippen molar-refractivity contribution in [3.05, 3.63) is 34.9 Å². The van der Waals surface area contributed by atoms with Gasteiger partial charge in [0.15, 0.2) is 5.69 Å². The summed E-state index contributed by atoms with van der Waals surface area (Å²) in [6.45, 7) is 0. The number of carbonyl (C=O) groups excluding carboxylic acids is 1. The average Bonchev–Trinajstić information content (AvgIpc) is 2.57. The van der Waals surface area contributed by atoms with Crippen LogP contribution in [0.5, 0.6) is 0 Å². The van der Waals surface area contributed by atoms with Gasteiger partial charge in [0.1, 0.15) is 12.1 Å². The third-order valence-electron chi connectivity index (χ3n) is 2.15. The number of carboxylic acids is 1. The Morgan fingerprint density at radius 2 is 2.38 bits per heavy atom. The normalized spacial score (nSPS) is 10.6. The second-order valence-corrected chi connectivity index (χ2v) is 3.59. The first kappa shape index (κ1) is 10.6. The van der Waals surface area contributed by atoms with Crippen molar-refractivity contribution in [1.29, 1.82) is 0 Å². The van der Waals surface area contributed by atoms with E-state index in [2.05, 4.69) is 4.98 Å². The van der Waals surface area contributed by atoms with Gasteiger partial charge < -0.3 is 14.3 Å². The Hall–Kier alpha value is -1.88. The maximum Gasteiger partial charge on any atom is 0.356 e. The lowest BCUT2D eigenvalue weighted by molar-refractivity contribution is -0.107. The van der Waals surface area contributed by atoms with Crippen LogP contribution in [0.3, 0.4) is 0 Å². The molecule has 0 atom stereocenters. The largest absolute Gasteiger partial charge is 0.476 e. The summed E-state index contributed by atoms with van der Waals surface area (Å²) >= 11 is 5.78. The minimum atomic E-state index is -1.14. The van der Waals surface area contributed by atoms with Crippen LogP contribution >= 0.6 is 11.6 Å². The van der Waals surface area contributed by atoms with Gasteiger partial charge in [0.05, 0.1) is 11.9 Å². The molecule has 16 heavy (non-hydrogen) atoms. The molecular weight excluding hydrogens is 232 g/mol.